The van der Waals surface area contributed by atoms with Crippen LogP contribution in [0.2, 0.25) is 0 Å². The lowest BCUT2D eigenvalue weighted by atomic mass is 10.2. The van der Waals surface area contributed by atoms with Crippen molar-refractivity contribution in [1.82, 2.24) is 30.3 Å². The summed E-state index contributed by atoms with van der Waals surface area (Å²) in [5.41, 5.74) is 1.38. The van der Waals surface area contributed by atoms with Crippen LogP contribution in [0.4, 0.5) is 0 Å². The Morgan fingerprint density at radius 1 is 1.57 bits per heavy atom. The number of aromatic amines is 1. The minimum absolute atomic E-state index is 0.172. The molecule has 8 heteroatoms. The van der Waals surface area contributed by atoms with Gasteiger partial charge in [0, 0.05) is 19.3 Å². The first-order valence-electron chi connectivity index (χ1n) is 6.87. The number of amides is 1. The number of hydrogen-bond donors (Lipinski definition) is 2. The maximum Gasteiger partial charge on any atom is 0.255 e. The van der Waals surface area contributed by atoms with Crippen molar-refractivity contribution in [2.45, 2.75) is 32.9 Å². The van der Waals surface area contributed by atoms with Gasteiger partial charge in [-0.05, 0) is 13.3 Å². The van der Waals surface area contributed by atoms with Crippen LogP contribution in [0, 0.1) is 0 Å². The van der Waals surface area contributed by atoms with Crippen LogP contribution in [0.1, 0.15) is 41.8 Å². The van der Waals surface area contributed by atoms with Gasteiger partial charge in [-0.25, -0.2) is 0 Å². The fourth-order valence-corrected chi connectivity index (χ4v) is 2.08. The van der Waals surface area contributed by atoms with Crippen molar-refractivity contribution in [3.8, 4) is 0 Å². The first-order valence-corrected chi connectivity index (χ1v) is 6.87. The quantitative estimate of drug-likeness (QED) is 0.783. The fraction of sp³-hybridized carbons (Fsp3) is 0.538. The maximum absolute atomic E-state index is 12.3. The summed E-state index contributed by atoms with van der Waals surface area (Å²) >= 11 is 0. The van der Waals surface area contributed by atoms with Crippen molar-refractivity contribution in [3.05, 3.63) is 29.6 Å². The van der Waals surface area contributed by atoms with Gasteiger partial charge in [-0.2, -0.15) is 5.10 Å². The molecule has 0 saturated carbocycles. The Kier molecular flexibility index (Phi) is 5.04. The summed E-state index contributed by atoms with van der Waals surface area (Å²) in [6, 6.07) is -0.253. The van der Waals surface area contributed by atoms with Gasteiger partial charge in [-0.15, -0.1) is 10.2 Å². The van der Waals surface area contributed by atoms with Gasteiger partial charge >= 0.3 is 0 Å². The Morgan fingerprint density at radius 3 is 3.10 bits per heavy atom. The van der Waals surface area contributed by atoms with E-state index in [2.05, 4.69) is 25.7 Å². The number of hydrogen-bond acceptors (Lipinski definition) is 5. The van der Waals surface area contributed by atoms with Gasteiger partial charge in [0.15, 0.2) is 5.82 Å². The number of ether oxygens (including phenoxy) is 1. The molecule has 0 spiro atoms. The Hall–Kier alpha value is -2.22. The average molecular weight is 292 g/mol. The lowest BCUT2D eigenvalue weighted by Gasteiger charge is -2.14. The Labute approximate surface area is 122 Å². The van der Waals surface area contributed by atoms with Crippen LogP contribution in [-0.2, 0) is 17.7 Å². The topological polar surface area (TPSA) is 97.7 Å². The molecule has 0 unspecified atom stereocenters. The average Bonchev–Trinajstić information content (AvgIpc) is 3.13. The largest absolute Gasteiger partial charge is 0.383 e. The number of nitrogens with zero attached hydrogens (tertiary/aromatic N) is 4. The lowest BCUT2D eigenvalue weighted by Crippen LogP contribution is -2.29. The number of carbonyl (C=O) groups is 1. The zero-order valence-electron chi connectivity index (χ0n) is 12.5. The summed E-state index contributed by atoms with van der Waals surface area (Å²) < 4.78 is 6.91. The van der Waals surface area contributed by atoms with Crippen LogP contribution in [0.3, 0.4) is 0 Å². The zero-order valence-corrected chi connectivity index (χ0v) is 12.5. The molecule has 0 radical (unpaired) electrons. The van der Waals surface area contributed by atoms with E-state index < -0.39 is 0 Å². The molecule has 2 aromatic rings. The minimum Gasteiger partial charge on any atom is -0.383 e. The van der Waals surface area contributed by atoms with E-state index in [0.717, 1.165) is 12.1 Å². The third-order valence-corrected chi connectivity index (χ3v) is 3.23. The van der Waals surface area contributed by atoms with Gasteiger partial charge < -0.3 is 14.6 Å². The summed E-state index contributed by atoms with van der Waals surface area (Å²) in [6.45, 7) is 5.05. The standard InChI is InChI=1S/C13H20N6O2/c1-4-11-10(7-14-17-11)13(20)16-9(2)12-18-15-8-19(12)5-6-21-3/h7-9H,4-6H2,1-3H3,(H,14,17)(H,16,20)/t9-/m0/s1. The molecule has 2 rings (SSSR count). The van der Waals surface area contributed by atoms with Crippen molar-refractivity contribution in [3.63, 3.8) is 0 Å². The van der Waals surface area contributed by atoms with E-state index in [1.165, 1.54) is 6.20 Å². The minimum atomic E-state index is -0.253. The van der Waals surface area contributed by atoms with E-state index in [0.29, 0.717) is 24.5 Å². The van der Waals surface area contributed by atoms with Crippen LogP contribution in [0.5, 0.6) is 0 Å². The number of carbonyl (C=O) groups excluding carboxylic acids is 1. The first-order chi connectivity index (χ1) is 10.2. The number of nitrogens with one attached hydrogen (secondary N) is 2. The summed E-state index contributed by atoms with van der Waals surface area (Å²) in [5.74, 6) is 0.524. The summed E-state index contributed by atoms with van der Waals surface area (Å²) in [7, 11) is 1.64. The van der Waals surface area contributed by atoms with E-state index in [-0.39, 0.29) is 11.9 Å². The molecule has 1 amide bonds. The third-order valence-electron chi connectivity index (χ3n) is 3.23. The van der Waals surface area contributed by atoms with E-state index >= 15 is 0 Å². The highest BCUT2D eigenvalue weighted by atomic mass is 16.5. The molecule has 0 bridgehead atoms. The van der Waals surface area contributed by atoms with Crippen LogP contribution >= 0.6 is 0 Å². The van der Waals surface area contributed by atoms with E-state index in [1.807, 2.05) is 18.4 Å². The van der Waals surface area contributed by atoms with E-state index in [9.17, 15) is 4.79 Å². The van der Waals surface area contributed by atoms with Crippen molar-refractivity contribution in [2.24, 2.45) is 0 Å². The Bertz CT molecular complexity index is 591. The molecule has 0 aromatic carbocycles. The fourth-order valence-electron chi connectivity index (χ4n) is 2.08. The van der Waals surface area contributed by atoms with Crippen LogP contribution < -0.4 is 5.32 Å². The van der Waals surface area contributed by atoms with Crippen LogP contribution in [0.25, 0.3) is 0 Å². The van der Waals surface area contributed by atoms with Crippen LogP contribution in [-0.4, -0.2) is 44.6 Å². The van der Waals surface area contributed by atoms with Gasteiger partial charge in [-0.1, -0.05) is 6.92 Å². The maximum atomic E-state index is 12.3. The predicted molar refractivity (Wildman–Crippen MR) is 75.7 cm³/mol. The van der Waals surface area contributed by atoms with E-state index in [4.69, 9.17) is 4.74 Å². The Balaban J connectivity index is 2.06. The second-order valence-corrected chi connectivity index (χ2v) is 4.69. The van der Waals surface area contributed by atoms with Crippen molar-refractivity contribution in [1.29, 1.82) is 0 Å². The molecule has 114 valence electrons. The molecule has 1 atom stereocenters. The first kappa shape index (κ1) is 15.2. The SMILES string of the molecule is CCc1[nH]ncc1C(=O)N[C@@H](C)c1nncn1CCOC. The van der Waals surface area contributed by atoms with E-state index in [1.54, 1.807) is 13.4 Å². The van der Waals surface area contributed by atoms with Crippen molar-refractivity contribution in [2.75, 3.05) is 13.7 Å². The van der Waals surface area contributed by atoms with Gasteiger partial charge in [0.1, 0.15) is 6.33 Å². The molecule has 2 N–H and O–H groups in total. The summed E-state index contributed by atoms with van der Waals surface area (Å²) in [6.07, 6.45) is 3.89. The highest BCUT2D eigenvalue weighted by Crippen LogP contribution is 2.12. The molecule has 0 aliphatic carbocycles. The second kappa shape index (κ2) is 6.98. The molecule has 0 saturated heterocycles. The molecular formula is C13H20N6O2. The lowest BCUT2D eigenvalue weighted by molar-refractivity contribution is 0.0936. The van der Waals surface area contributed by atoms with Crippen LogP contribution in [0.15, 0.2) is 12.5 Å². The molecule has 0 aliphatic heterocycles. The monoisotopic (exact) mass is 292 g/mol. The molecular weight excluding hydrogens is 272 g/mol. The third kappa shape index (κ3) is 3.46. The van der Waals surface area contributed by atoms with Gasteiger partial charge in [0.05, 0.1) is 24.4 Å². The second-order valence-electron chi connectivity index (χ2n) is 4.69. The molecule has 0 fully saturated rings. The number of rotatable bonds is 7. The van der Waals surface area contributed by atoms with Crippen molar-refractivity contribution >= 4 is 5.91 Å². The summed E-state index contributed by atoms with van der Waals surface area (Å²) in [4.78, 5) is 12.3. The molecule has 2 aromatic heterocycles. The molecule has 8 nitrogen and oxygen atoms in total. The number of aryl methyl sites for hydroxylation is 1. The van der Waals surface area contributed by atoms with Crippen molar-refractivity contribution < 1.29 is 9.53 Å². The highest BCUT2D eigenvalue weighted by Gasteiger charge is 2.19. The number of aromatic nitrogens is 5. The predicted octanol–water partition coefficient (Wildman–Crippen LogP) is 0.701. The number of methoxy groups -OCH3 is 1. The molecule has 21 heavy (non-hydrogen) atoms. The normalized spacial score (nSPS) is 12.3. The highest BCUT2D eigenvalue weighted by molar-refractivity contribution is 5.95. The summed E-state index contributed by atoms with van der Waals surface area (Å²) in [5, 5.41) is 17.6. The molecule has 2 heterocycles. The Morgan fingerprint density at radius 2 is 2.38 bits per heavy atom. The zero-order chi connectivity index (χ0) is 15.2. The van der Waals surface area contributed by atoms with Gasteiger partial charge in [-0.3, -0.25) is 9.89 Å². The van der Waals surface area contributed by atoms with Gasteiger partial charge in [0.25, 0.3) is 5.91 Å². The smallest absolute Gasteiger partial charge is 0.255 e. The molecule has 0 aliphatic rings. The van der Waals surface area contributed by atoms with Gasteiger partial charge in [0.2, 0.25) is 0 Å². The number of H-pyrrole nitrogens is 1.